The minimum atomic E-state index is -0.528. The van der Waals surface area contributed by atoms with Crippen molar-refractivity contribution >= 4 is 39.6 Å². The minimum Gasteiger partial charge on any atom is -0.493 e. The molecule has 0 saturated heterocycles. The van der Waals surface area contributed by atoms with Crippen molar-refractivity contribution in [2.75, 3.05) is 19.0 Å². The van der Waals surface area contributed by atoms with E-state index in [9.17, 15) is 9.59 Å². The number of hydrazone groups is 1. The molecule has 0 radical (unpaired) electrons. The van der Waals surface area contributed by atoms with E-state index in [4.69, 9.17) is 9.47 Å². The summed E-state index contributed by atoms with van der Waals surface area (Å²) in [5.41, 5.74) is 3.60. The number of nitrogens with one attached hydrogen (secondary N) is 2. The number of hydrogen-bond acceptors (Lipinski definition) is 5. The van der Waals surface area contributed by atoms with Crippen LogP contribution < -0.4 is 20.2 Å². The first kappa shape index (κ1) is 21.4. The smallest absolute Gasteiger partial charge is 0.249 e. The lowest BCUT2D eigenvalue weighted by atomic mass is 10.2. The number of anilines is 1. The Balaban J connectivity index is 1.94. The van der Waals surface area contributed by atoms with Gasteiger partial charge in [-0.05, 0) is 46.6 Å². The summed E-state index contributed by atoms with van der Waals surface area (Å²) in [5, 5.41) is 6.58. The number of amides is 2. The van der Waals surface area contributed by atoms with Crippen molar-refractivity contribution in [3.63, 3.8) is 0 Å². The maximum absolute atomic E-state index is 12.0. The first-order valence-corrected chi connectivity index (χ1v) is 9.50. The molecule has 0 aliphatic heterocycles. The van der Waals surface area contributed by atoms with Crippen LogP contribution in [0.25, 0.3) is 0 Å². The summed E-state index contributed by atoms with van der Waals surface area (Å²) in [4.78, 5) is 23.9. The molecule has 0 fully saturated rings. The first-order chi connectivity index (χ1) is 13.5. The molecule has 148 valence electrons. The zero-order valence-corrected chi connectivity index (χ0v) is 17.3. The molecule has 0 spiro atoms. The summed E-state index contributed by atoms with van der Waals surface area (Å²) in [6.45, 7) is 2.53. The number of rotatable bonds is 9. The van der Waals surface area contributed by atoms with Crippen molar-refractivity contribution in [3.05, 3.63) is 52.5 Å². The molecule has 0 aromatic heterocycles. The van der Waals surface area contributed by atoms with E-state index in [1.807, 2.05) is 13.0 Å². The van der Waals surface area contributed by atoms with Crippen LogP contribution in [0, 0.1) is 0 Å². The lowest BCUT2D eigenvalue weighted by Crippen LogP contribution is -2.24. The second-order valence-electron chi connectivity index (χ2n) is 5.73. The fourth-order valence-corrected chi connectivity index (χ4v) is 2.65. The summed E-state index contributed by atoms with van der Waals surface area (Å²) in [6.07, 6.45) is 1.95. The standard InChI is InChI=1S/C20H22BrN3O4/c1-3-11-28-20-14(7-6-10-17(20)27-2)13-22-24-19(26)12-18(25)23-16-9-5-4-8-15(16)21/h4-10,13H,3,11-12H2,1-2H3,(H,23,25)(H,24,26). The van der Waals surface area contributed by atoms with Gasteiger partial charge in [0.05, 0.1) is 25.6 Å². The Morgan fingerprint density at radius 3 is 2.64 bits per heavy atom. The molecule has 0 atom stereocenters. The number of carbonyl (C=O) groups is 2. The van der Waals surface area contributed by atoms with Crippen molar-refractivity contribution in [2.45, 2.75) is 19.8 Å². The van der Waals surface area contributed by atoms with Gasteiger partial charge < -0.3 is 14.8 Å². The third-order valence-electron chi connectivity index (χ3n) is 3.54. The van der Waals surface area contributed by atoms with Crippen LogP contribution >= 0.6 is 15.9 Å². The quantitative estimate of drug-likeness (QED) is 0.348. The molecule has 0 saturated carbocycles. The lowest BCUT2D eigenvalue weighted by molar-refractivity contribution is -0.126. The second kappa shape index (κ2) is 11.1. The van der Waals surface area contributed by atoms with E-state index in [1.165, 1.54) is 6.21 Å². The molecule has 7 nitrogen and oxygen atoms in total. The van der Waals surface area contributed by atoms with Crippen molar-refractivity contribution in [2.24, 2.45) is 5.10 Å². The molecule has 2 amide bonds. The van der Waals surface area contributed by atoms with E-state index < -0.39 is 11.8 Å². The normalized spacial score (nSPS) is 10.5. The van der Waals surface area contributed by atoms with Crippen molar-refractivity contribution in [3.8, 4) is 11.5 Å². The van der Waals surface area contributed by atoms with Gasteiger partial charge in [0, 0.05) is 10.0 Å². The number of para-hydroxylation sites is 2. The predicted octanol–water partition coefficient (Wildman–Crippen LogP) is 3.73. The monoisotopic (exact) mass is 447 g/mol. The van der Waals surface area contributed by atoms with Gasteiger partial charge >= 0.3 is 0 Å². The number of benzene rings is 2. The molecule has 0 heterocycles. The molecule has 2 aromatic rings. The summed E-state index contributed by atoms with van der Waals surface area (Å²) in [6, 6.07) is 12.5. The van der Waals surface area contributed by atoms with Gasteiger partial charge in [-0.3, -0.25) is 9.59 Å². The van der Waals surface area contributed by atoms with E-state index >= 15 is 0 Å². The Hall–Kier alpha value is -2.87. The largest absolute Gasteiger partial charge is 0.493 e. The summed E-state index contributed by atoms with van der Waals surface area (Å²) in [7, 11) is 1.56. The zero-order valence-electron chi connectivity index (χ0n) is 15.7. The van der Waals surface area contributed by atoms with Gasteiger partial charge in [0.2, 0.25) is 11.8 Å². The molecular formula is C20H22BrN3O4. The van der Waals surface area contributed by atoms with Crippen LogP contribution in [0.4, 0.5) is 5.69 Å². The Bertz CT molecular complexity index is 855. The second-order valence-corrected chi connectivity index (χ2v) is 6.58. The van der Waals surface area contributed by atoms with Crippen LogP contribution in [0.1, 0.15) is 25.3 Å². The van der Waals surface area contributed by atoms with Crippen LogP contribution in [0.2, 0.25) is 0 Å². The van der Waals surface area contributed by atoms with Crippen LogP contribution in [0.15, 0.2) is 52.0 Å². The maximum Gasteiger partial charge on any atom is 0.249 e. The number of methoxy groups -OCH3 is 1. The van der Waals surface area contributed by atoms with Crippen LogP contribution in [0.5, 0.6) is 11.5 Å². The lowest BCUT2D eigenvalue weighted by Gasteiger charge is -2.12. The Labute approximate surface area is 172 Å². The van der Waals surface area contributed by atoms with E-state index in [2.05, 4.69) is 31.8 Å². The summed E-state index contributed by atoms with van der Waals surface area (Å²) >= 11 is 3.33. The minimum absolute atomic E-state index is 0.351. The number of hydrogen-bond donors (Lipinski definition) is 2. The number of ether oxygens (including phenoxy) is 2. The van der Waals surface area contributed by atoms with Gasteiger partial charge in [-0.15, -0.1) is 0 Å². The van der Waals surface area contributed by atoms with Gasteiger partial charge in [0.15, 0.2) is 11.5 Å². The fraction of sp³-hybridized carbons (Fsp3) is 0.250. The zero-order chi connectivity index (χ0) is 20.4. The summed E-state index contributed by atoms with van der Waals surface area (Å²) < 4.78 is 11.7. The molecule has 0 aliphatic carbocycles. The molecule has 0 bridgehead atoms. The van der Waals surface area contributed by atoms with Gasteiger partial charge in [0.1, 0.15) is 6.42 Å². The van der Waals surface area contributed by atoms with E-state index in [-0.39, 0.29) is 6.42 Å². The number of halogens is 1. The molecular weight excluding hydrogens is 426 g/mol. The maximum atomic E-state index is 12.0. The van der Waals surface area contributed by atoms with Crippen molar-refractivity contribution < 1.29 is 19.1 Å². The Kier molecular flexibility index (Phi) is 8.48. The Morgan fingerprint density at radius 2 is 1.93 bits per heavy atom. The third-order valence-corrected chi connectivity index (χ3v) is 4.23. The van der Waals surface area contributed by atoms with Crippen molar-refractivity contribution in [1.82, 2.24) is 5.43 Å². The van der Waals surface area contributed by atoms with Gasteiger partial charge in [0.25, 0.3) is 0 Å². The van der Waals surface area contributed by atoms with Gasteiger partial charge in [-0.2, -0.15) is 5.10 Å². The highest BCUT2D eigenvalue weighted by atomic mass is 79.9. The highest BCUT2D eigenvalue weighted by Crippen LogP contribution is 2.30. The highest BCUT2D eigenvalue weighted by molar-refractivity contribution is 9.10. The van der Waals surface area contributed by atoms with E-state index in [0.29, 0.717) is 29.4 Å². The van der Waals surface area contributed by atoms with Gasteiger partial charge in [-0.1, -0.05) is 25.1 Å². The Morgan fingerprint density at radius 1 is 1.14 bits per heavy atom. The molecule has 8 heteroatoms. The molecule has 2 rings (SSSR count). The molecule has 2 N–H and O–H groups in total. The molecule has 0 unspecified atom stereocenters. The SMILES string of the molecule is CCCOc1c(C=NNC(=O)CC(=O)Nc2ccccc2Br)cccc1OC. The highest BCUT2D eigenvalue weighted by Gasteiger charge is 2.11. The fourth-order valence-electron chi connectivity index (χ4n) is 2.27. The first-order valence-electron chi connectivity index (χ1n) is 8.71. The molecule has 2 aromatic carbocycles. The average molecular weight is 448 g/mol. The van der Waals surface area contributed by atoms with Crippen molar-refractivity contribution in [1.29, 1.82) is 0 Å². The predicted molar refractivity (Wildman–Crippen MR) is 112 cm³/mol. The third kappa shape index (κ3) is 6.38. The number of nitrogens with zero attached hydrogens (tertiary/aromatic N) is 1. The average Bonchev–Trinajstić information content (AvgIpc) is 2.68. The van der Waals surface area contributed by atoms with Crippen LogP contribution in [0.3, 0.4) is 0 Å². The van der Waals surface area contributed by atoms with Gasteiger partial charge in [-0.25, -0.2) is 5.43 Å². The topological polar surface area (TPSA) is 89.0 Å². The summed E-state index contributed by atoms with van der Waals surface area (Å²) in [5.74, 6) is 0.167. The molecule has 0 aliphatic rings. The van der Waals surface area contributed by atoms with Crippen LogP contribution in [-0.4, -0.2) is 31.7 Å². The molecule has 28 heavy (non-hydrogen) atoms. The van der Waals surface area contributed by atoms with E-state index in [1.54, 1.807) is 43.5 Å². The number of carbonyl (C=O) groups excluding carboxylic acids is 2. The van der Waals surface area contributed by atoms with Crippen LogP contribution in [-0.2, 0) is 9.59 Å². The van der Waals surface area contributed by atoms with E-state index in [0.717, 1.165) is 10.9 Å².